The predicted octanol–water partition coefficient (Wildman–Crippen LogP) is 2.92. The maximum atomic E-state index is 9.47. The molecule has 0 aliphatic carbocycles. The average molecular weight is 311 g/mol. The molecular weight excluding hydrogens is 290 g/mol. The Hall–Kier alpha value is -2.55. The Kier molecular flexibility index (Phi) is 4.47. The molecular formula is C17H21N5O. The minimum atomic E-state index is 0.372. The lowest BCUT2D eigenvalue weighted by atomic mass is 10.00. The summed E-state index contributed by atoms with van der Waals surface area (Å²) in [5.41, 5.74) is 1.11. The van der Waals surface area contributed by atoms with E-state index in [0.29, 0.717) is 23.3 Å². The van der Waals surface area contributed by atoms with Crippen molar-refractivity contribution in [3.05, 3.63) is 30.0 Å². The fraction of sp³-hybridized carbons (Fsp3) is 0.471. The van der Waals surface area contributed by atoms with Gasteiger partial charge in [-0.1, -0.05) is 19.1 Å². The van der Waals surface area contributed by atoms with Crippen molar-refractivity contribution in [3.8, 4) is 17.5 Å². The second-order valence-electron chi connectivity index (χ2n) is 5.70. The number of benzene rings is 1. The molecule has 2 aromatic rings. The summed E-state index contributed by atoms with van der Waals surface area (Å²) in [5, 5.41) is 18.5. The molecule has 2 heterocycles. The molecule has 0 spiro atoms. The Labute approximate surface area is 136 Å². The topological polar surface area (TPSA) is 67.0 Å². The highest BCUT2D eigenvalue weighted by molar-refractivity contribution is 5.53. The largest absolute Gasteiger partial charge is 0.494 e. The molecule has 0 radical (unpaired) electrons. The van der Waals surface area contributed by atoms with Gasteiger partial charge in [-0.25, -0.2) is 0 Å². The van der Waals surface area contributed by atoms with Crippen LogP contribution >= 0.6 is 0 Å². The summed E-state index contributed by atoms with van der Waals surface area (Å²) in [7, 11) is 1.62. The van der Waals surface area contributed by atoms with Gasteiger partial charge in [0.2, 0.25) is 5.69 Å². The van der Waals surface area contributed by atoms with Crippen LogP contribution in [0.25, 0.3) is 5.69 Å². The summed E-state index contributed by atoms with van der Waals surface area (Å²) in [5.74, 6) is 1.37. The van der Waals surface area contributed by atoms with Crippen LogP contribution in [0.2, 0.25) is 0 Å². The Bertz CT molecular complexity index is 718. The lowest BCUT2D eigenvalue weighted by Gasteiger charge is -2.35. The summed E-state index contributed by atoms with van der Waals surface area (Å²) < 4.78 is 5.37. The lowest BCUT2D eigenvalue weighted by molar-refractivity contribution is 0.409. The molecule has 1 aliphatic rings. The molecule has 0 N–H and O–H groups in total. The highest BCUT2D eigenvalue weighted by atomic mass is 16.5. The van der Waals surface area contributed by atoms with Gasteiger partial charge >= 0.3 is 0 Å². The van der Waals surface area contributed by atoms with Crippen LogP contribution in [0.5, 0.6) is 5.75 Å². The number of rotatable bonds is 4. The number of hydrogen-bond donors (Lipinski definition) is 0. The van der Waals surface area contributed by atoms with Crippen molar-refractivity contribution in [2.24, 2.45) is 0 Å². The van der Waals surface area contributed by atoms with Crippen molar-refractivity contribution < 1.29 is 4.74 Å². The maximum absolute atomic E-state index is 9.47. The van der Waals surface area contributed by atoms with E-state index in [0.717, 1.165) is 31.5 Å². The zero-order chi connectivity index (χ0) is 16.2. The number of methoxy groups -OCH3 is 1. The Morgan fingerprint density at radius 2 is 2.13 bits per heavy atom. The summed E-state index contributed by atoms with van der Waals surface area (Å²) in [6.07, 6.45) is 4.55. The highest BCUT2D eigenvalue weighted by Crippen LogP contribution is 2.28. The molecule has 1 aromatic heterocycles. The van der Waals surface area contributed by atoms with E-state index in [1.54, 1.807) is 7.11 Å². The van der Waals surface area contributed by atoms with Gasteiger partial charge in [0.15, 0.2) is 5.82 Å². The molecule has 0 amide bonds. The maximum Gasteiger partial charge on any atom is 0.207 e. The number of hydrogen-bond acceptors (Lipinski definition) is 5. The van der Waals surface area contributed by atoms with Crippen molar-refractivity contribution in [1.82, 2.24) is 15.0 Å². The normalized spacial score (nSPS) is 17.8. The highest BCUT2D eigenvalue weighted by Gasteiger charge is 2.27. The SMILES string of the molecule is CC[C@@H]1CCCCN1c1nn(-c2ccccc2OC)nc1C#N. The van der Waals surface area contributed by atoms with E-state index in [2.05, 4.69) is 28.1 Å². The number of ether oxygens (including phenoxy) is 1. The standard InChI is InChI=1S/C17H21N5O/c1-3-13-8-6-7-11-21(13)17-14(12-18)19-22(20-17)15-9-4-5-10-16(15)23-2/h4-5,9-10,13H,3,6-8,11H2,1-2H3/t13-/m1/s1. The van der Waals surface area contributed by atoms with Crippen LogP contribution in [0, 0.1) is 11.3 Å². The van der Waals surface area contributed by atoms with E-state index in [-0.39, 0.29) is 0 Å². The fourth-order valence-corrected chi connectivity index (χ4v) is 3.17. The summed E-state index contributed by atoms with van der Waals surface area (Å²) in [6, 6.07) is 10.2. The van der Waals surface area contributed by atoms with Crippen LogP contribution < -0.4 is 9.64 Å². The molecule has 6 nitrogen and oxygen atoms in total. The van der Waals surface area contributed by atoms with Gasteiger partial charge in [-0.3, -0.25) is 0 Å². The second kappa shape index (κ2) is 6.69. The molecule has 120 valence electrons. The number of piperidine rings is 1. The summed E-state index contributed by atoms with van der Waals surface area (Å²) in [4.78, 5) is 3.75. The summed E-state index contributed by atoms with van der Waals surface area (Å²) in [6.45, 7) is 3.11. The predicted molar refractivity (Wildman–Crippen MR) is 87.9 cm³/mol. The first-order valence-corrected chi connectivity index (χ1v) is 8.06. The Balaban J connectivity index is 2.03. The minimum Gasteiger partial charge on any atom is -0.494 e. The van der Waals surface area contributed by atoms with Crippen LogP contribution in [0.4, 0.5) is 5.82 Å². The molecule has 0 bridgehead atoms. The van der Waals surface area contributed by atoms with Gasteiger partial charge in [-0.05, 0) is 37.8 Å². The number of para-hydroxylation sites is 2. The van der Waals surface area contributed by atoms with Gasteiger partial charge in [-0.2, -0.15) is 5.26 Å². The monoisotopic (exact) mass is 311 g/mol. The van der Waals surface area contributed by atoms with Gasteiger partial charge in [0, 0.05) is 12.6 Å². The van der Waals surface area contributed by atoms with Crippen LogP contribution in [0.15, 0.2) is 24.3 Å². The molecule has 6 heteroatoms. The molecule has 3 rings (SSSR count). The van der Waals surface area contributed by atoms with Crippen LogP contribution in [-0.2, 0) is 0 Å². The van der Waals surface area contributed by atoms with Crippen LogP contribution in [0.3, 0.4) is 0 Å². The van der Waals surface area contributed by atoms with Gasteiger partial charge in [0.1, 0.15) is 17.5 Å². The van der Waals surface area contributed by atoms with Crippen LogP contribution in [-0.4, -0.2) is 34.7 Å². The first-order chi connectivity index (χ1) is 11.3. The number of nitriles is 1. The van der Waals surface area contributed by atoms with Gasteiger partial charge in [0.05, 0.1) is 7.11 Å². The molecule has 1 saturated heterocycles. The third-order valence-electron chi connectivity index (χ3n) is 4.37. The van der Waals surface area contributed by atoms with E-state index >= 15 is 0 Å². The molecule has 1 fully saturated rings. The molecule has 1 aromatic carbocycles. The molecule has 0 saturated carbocycles. The first-order valence-electron chi connectivity index (χ1n) is 8.06. The smallest absolute Gasteiger partial charge is 0.207 e. The first kappa shape index (κ1) is 15.3. The van der Waals surface area contributed by atoms with E-state index in [4.69, 9.17) is 4.74 Å². The average Bonchev–Trinajstić information content (AvgIpc) is 3.05. The van der Waals surface area contributed by atoms with E-state index < -0.39 is 0 Å². The molecule has 23 heavy (non-hydrogen) atoms. The van der Waals surface area contributed by atoms with Crippen LogP contribution in [0.1, 0.15) is 38.3 Å². The fourth-order valence-electron chi connectivity index (χ4n) is 3.17. The van der Waals surface area contributed by atoms with E-state index in [1.165, 1.54) is 11.2 Å². The zero-order valence-corrected chi connectivity index (χ0v) is 13.6. The third kappa shape index (κ3) is 2.87. The number of nitrogens with zero attached hydrogens (tertiary/aromatic N) is 5. The second-order valence-corrected chi connectivity index (χ2v) is 5.70. The van der Waals surface area contributed by atoms with Crippen molar-refractivity contribution in [1.29, 1.82) is 5.26 Å². The zero-order valence-electron chi connectivity index (χ0n) is 13.6. The molecule has 1 atom stereocenters. The van der Waals surface area contributed by atoms with Gasteiger partial charge in [-0.15, -0.1) is 15.0 Å². The minimum absolute atomic E-state index is 0.372. The van der Waals surface area contributed by atoms with Crippen molar-refractivity contribution in [2.45, 2.75) is 38.6 Å². The summed E-state index contributed by atoms with van der Waals surface area (Å²) >= 11 is 0. The van der Waals surface area contributed by atoms with Gasteiger partial charge in [0.25, 0.3) is 0 Å². The van der Waals surface area contributed by atoms with Gasteiger partial charge < -0.3 is 9.64 Å². The van der Waals surface area contributed by atoms with Crippen molar-refractivity contribution in [3.63, 3.8) is 0 Å². The van der Waals surface area contributed by atoms with Crippen molar-refractivity contribution >= 4 is 5.82 Å². The quantitative estimate of drug-likeness (QED) is 0.868. The van der Waals surface area contributed by atoms with E-state index in [1.807, 2.05) is 24.3 Å². The lowest BCUT2D eigenvalue weighted by Crippen LogP contribution is -2.39. The molecule has 0 unspecified atom stereocenters. The van der Waals surface area contributed by atoms with Crippen molar-refractivity contribution in [2.75, 3.05) is 18.6 Å². The number of anilines is 1. The Morgan fingerprint density at radius 3 is 2.87 bits per heavy atom. The number of aromatic nitrogens is 3. The third-order valence-corrected chi connectivity index (χ3v) is 4.37. The van der Waals surface area contributed by atoms with E-state index in [9.17, 15) is 5.26 Å². The Morgan fingerprint density at radius 1 is 1.30 bits per heavy atom. The molecule has 1 aliphatic heterocycles.